The van der Waals surface area contributed by atoms with Gasteiger partial charge < -0.3 is 4.90 Å². The van der Waals surface area contributed by atoms with Crippen molar-refractivity contribution >= 4 is 90.9 Å². The van der Waals surface area contributed by atoms with Crippen LogP contribution in [0, 0.1) is 0 Å². The van der Waals surface area contributed by atoms with Crippen LogP contribution in [0.3, 0.4) is 0 Å². The molecule has 0 saturated heterocycles. The third-order valence-corrected chi connectivity index (χ3v) is 10.7. The lowest BCUT2D eigenvalue weighted by atomic mass is 9.99. The van der Waals surface area contributed by atoms with Gasteiger partial charge in [0.2, 0.25) is 0 Å². The topological polar surface area (TPSA) is 3.24 Å². The summed E-state index contributed by atoms with van der Waals surface area (Å²) < 4.78 is 5.24. The number of hydrogen-bond acceptors (Lipinski definition) is 3. The highest BCUT2D eigenvalue weighted by Crippen LogP contribution is 2.50. The standard InChI is InChI=1S/C40H25NS2/c1-2-11-26(12-3-1)27-14-10-15-29(23-27)41(30-21-22-33-32-17-6-8-19-35(32)42-37(33)25-30)40-31-16-5-4-13-28(31)24-38-39(40)34-18-7-9-20-36(34)43-38/h1-25H. The average Bonchev–Trinajstić information content (AvgIpc) is 3.63. The highest BCUT2D eigenvalue weighted by Gasteiger charge is 2.22. The number of thiophene rings is 2. The third kappa shape index (κ3) is 3.97. The van der Waals surface area contributed by atoms with E-state index in [-0.39, 0.29) is 0 Å². The zero-order chi connectivity index (χ0) is 28.3. The van der Waals surface area contributed by atoms with Gasteiger partial charge in [0.15, 0.2) is 0 Å². The fraction of sp³-hybridized carbons (Fsp3) is 0. The Morgan fingerprint density at radius 2 is 1.00 bits per heavy atom. The molecule has 0 unspecified atom stereocenters. The van der Waals surface area contributed by atoms with Crippen LogP contribution >= 0.6 is 22.7 Å². The van der Waals surface area contributed by atoms with Crippen LogP contribution in [0.25, 0.3) is 62.2 Å². The summed E-state index contributed by atoms with van der Waals surface area (Å²) in [6, 6.07) is 55.5. The molecule has 43 heavy (non-hydrogen) atoms. The van der Waals surface area contributed by atoms with Crippen molar-refractivity contribution in [3.63, 3.8) is 0 Å². The summed E-state index contributed by atoms with van der Waals surface area (Å²) in [5.74, 6) is 0. The first-order chi connectivity index (χ1) is 21.3. The molecule has 0 aliphatic carbocycles. The molecule has 0 amide bonds. The van der Waals surface area contributed by atoms with E-state index >= 15 is 0 Å². The first-order valence-electron chi connectivity index (χ1n) is 14.5. The summed E-state index contributed by atoms with van der Waals surface area (Å²) in [6.07, 6.45) is 0. The smallest absolute Gasteiger partial charge is 0.0633 e. The fourth-order valence-electron chi connectivity index (χ4n) is 6.47. The molecular weight excluding hydrogens is 559 g/mol. The Morgan fingerprint density at radius 3 is 1.86 bits per heavy atom. The molecule has 7 aromatic carbocycles. The maximum Gasteiger partial charge on any atom is 0.0633 e. The van der Waals surface area contributed by atoms with Crippen molar-refractivity contribution in [2.24, 2.45) is 0 Å². The molecule has 9 rings (SSSR count). The zero-order valence-corrected chi connectivity index (χ0v) is 24.8. The Bertz CT molecular complexity index is 2470. The van der Waals surface area contributed by atoms with Crippen LogP contribution < -0.4 is 4.90 Å². The first-order valence-corrected chi connectivity index (χ1v) is 16.1. The summed E-state index contributed by atoms with van der Waals surface area (Å²) in [5, 5.41) is 7.74. The Balaban J connectivity index is 1.40. The van der Waals surface area contributed by atoms with E-state index in [4.69, 9.17) is 0 Å². The molecule has 3 heteroatoms. The molecule has 0 saturated carbocycles. The van der Waals surface area contributed by atoms with Gasteiger partial charge in [-0.25, -0.2) is 0 Å². The number of hydrogen-bond donors (Lipinski definition) is 0. The van der Waals surface area contributed by atoms with E-state index < -0.39 is 0 Å². The van der Waals surface area contributed by atoms with Crippen LogP contribution in [-0.4, -0.2) is 0 Å². The second-order valence-electron chi connectivity index (χ2n) is 10.9. The van der Waals surface area contributed by atoms with Crippen LogP contribution in [0.2, 0.25) is 0 Å². The van der Waals surface area contributed by atoms with E-state index in [2.05, 4.69) is 157 Å². The molecule has 0 atom stereocenters. The second kappa shape index (κ2) is 9.81. The van der Waals surface area contributed by atoms with Crippen molar-refractivity contribution in [3.8, 4) is 11.1 Å². The lowest BCUT2D eigenvalue weighted by Gasteiger charge is -2.28. The molecule has 0 bridgehead atoms. The van der Waals surface area contributed by atoms with Gasteiger partial charge in [0, 0.05) is 57.1 Å². The highest BCUT2D eigenvalue weighted by atomic mass is 32.1. The number of fused-ring (bicyclic) bond motifs is 7. The van der Waals surface area contributed by atoms with Crippen molar-refractivity contribution in [2.45, 2.75) is 0 Å². The summed E-state index contributed by atoms with van der Waals surface area (Å²) in [7, 11) is 0. The predicted octanol–water partition coefficient (Wildman–Crippen LogP) is 12.7. The molecule has 9 aromatic rings. The van der Waals surface area contributed by atoms with Gasteiger partial charge in [0.1, 0.15) is 0 Å². The average molecular weight is 584 g/mol. The van der Waals surface area contributed by atoms with E-state index in [1.54, 1.807) is 0 Å². The molecule has 1 nitrogen and oxygen atoms in total. The SMILES string of the molecule is c1ccc(-c2cccc(N(c3ccc4c(c3)sc3ccccc34)c3c4ccccc4cc4sc5ccccc5c34)c2)cc1. The quantitative estimate of drug-likeness (QED) is 0.199. The van der Waals surface area contributed by atoms with Crippen LogP contribution in [-0.2, 0) is 0 Å². The van der Waals surface area contributed by atoms with E-state index in [1.165, 1.54) is 67.9 Å². The van der Waals surface area contributed by atoms with Gasteiger partial charge in [-0.05, 0) is 59.0 Å². The first kappa shape index (κ1) is 24.6. The number of nitrogens with zero attached hydrogens (tertiary/aromatic N) is 1. The monoisotopic (exact) mass is 583 g/mol. The summed E-state index contributed by atoms with van der Waals surface area (Å²) in [5.41, 5.74) is 5.97. The molecule has 0 fully saturated rings. The maximum absolute atomic E-state index is 2.50. The van der Waals surface area contributed by atoms with Gasteiger partial charge in [0.05, 0.1) is 5.69 Å². The minimum Gasteiger partial charge on any atom is -0.309 e. The van der Waals surface area contributed by atoms with Crippen molar-refractivity contribution < 1.29 is 0 Å². The molecule has 0 aliphatic heterocycles. The third-order valence-electron chi connectivity index (χ3n) is 8.42. The molecule has 2 heterocycles. The van der Waals surface area contributed by atoms with Crippen LogP contribution in [0.15, 0.2) is 152 Å². The van der Waals surface area contributed by atoms with Crippen LogP contribution in [0.1, 0.15) is 0 Å². The Kier molecular flexibility index (Phi) is 5.62. The lowest BCUT2D eigenvalue weighted by molar-refractivity contribution is 1.32. The summed E-state index contributed by atoms with van der Waals surface area (Å²) in [4.78, 5) is 2.50. The predicted molar refractivity (Wildman–Crippen MR) is 190 cm³/mol. The fourth-order valence-corrected chi connectivity index (χ4v) is 8.77. The molecule has 202 valence electrons. The van der Waals surface area contributed by atoms with Gasteiger partial charge in [-0.3, -0.25) is 0 Å². The van der Waals surface area contributed by atoms with Crippen molar-refractivity contribution in [1.29, 1.82) is 0 Å². The highest BCUT2D eigenvalue weighted by molar-refractivity contribution is 7.26. The number of anilines is 3. The van der Waals surface area contributed by atoms with E-state index in [0.29, 0.717) is 0 Å². The summed E-state index contributed by atoms with van der Waals surface area (Å²) in [6.45, 7) is 0. The van der Waals surface area contributed by atoms with Crippen molar-refractivity contribution in [3.05, 3.63) is 152 Å². The zero-order valence-electron chi connectivity index (χ0n) is 23.2. The van der Waals surface area contributed by atoms with Gasteiger partial charge in [-0.15, -0.1) is 22.7 Å². The van der Waals surface area contributed by atoms with E-state index in [9.17, 15) is 0 Å². The number of benzene rings is 7. The van der Waals surface area contributed by atoms with Crippen LogP contribution in [0.4, 0.5) is 17.1 Å². The molecule has 0 spiro atoms. The maximum atomic E-state index is 2.50. The normalized spacial score (nSPS) is 11.7. The second-order valence-corrected chi connectivity index (χ2v) is 13.1. The Morgan fingerprint density at radius 1 is 0.372 bits per heavy atom. The Labute approximate surface area is 257 Å². The van der Waals surface area contributed by atoms with Gasteiger partial charge in [-0.2, -0.15) is 0 Å². The molecule has 0 aliphatic rings. The Hall–Kier alpha value is -4.96. The largest absolute Gasteiger partial charge is 0.309 e. The molecular formula is C40H25NS2. The van der Waals surface area contributed by atoms with E-state index in [1.807, 2.05) is 22.7 Å². The summed E-state index contributed by atoms with van der Waals surface area (Å²) >= 11 is 3.75. The van der Waals surface area contributed by atoms with Gasteiger partial charge >= 0.3 is 0 Å². The van der Waals surface area contributed by atoms with Crippen molar-refractivity contribution in [2.75, 3.05) is 4.90 Å². The lowest BCUT2D eigenvalue weighted by Crippen LogP contribution is -2.11. The minimum atomic E-state index is 1.15. The van der Waals surface area contributed by atoms with E-state index in [0.717, 1.165) is 11.4 Å². The van der Waals surface area contributed by atoms with Gasteiger partial charge in [-0.1, -0.05) is 109 Å². The molecule has 2 aromatic heterocycles. The number of rotatable bonds is 4. The van der Waals surface area contributed by atoms with Crippen molar-refractivity contribution in [1.82, 2.24) is 0 Å². The van der Waals surface area contributed by atoms with Gasteiger partial charge in [0.25, 0.3) is 0 Å². The van der Waals surface area contributed by atoms with Crippen LogP contribution in [0.5, 0.6) is 0 Å². The molecule has 0 radical (unpaired) electrons. The minimum absolute atomic E-state index is 1.15. The molecule has 0 N–H and O–H groups in total.